The van der Waals surface area contributed by atoms with Gasteiger partial charge in [0.05, 0.1) is 0 Å². The van der Waals surface area contributed by atoms with E-state index in [0.717, 1.165) is 37.9 Å². The molecule has 19 heavy (non-hydrogen) atoms. The van der Waals surface area contributed by atoms with Gasteiger partial charge in [0, 0.05) is 18.9 Å². The Kier molecular flexibility index (Phi) is 7.68. The largest absolute Gasteiger partial charge is 0.330 e. The van der Waals surface area contributed by atoms with Gasteiger partial charge >= 0.3 is 0 Å². The number of nitrogens with two attached hydrogens (primary N) is 1. The molecule has 3 heteroatoms. The van der Waals surface area contributed by atoms with Crippen molar-refractivity contribution in [2.45, 2.75) is 39.7 Å². The molecule has 0 aromatic carbocycles. The van der Waals surface area contributed by atoms with Gasteiger partial charge < -0.3 is 10.6 Å². The smallest absolute Gasteiger partial charge is 0.0312 e. The predicted octanol–water partition coefficient (Wildman–Crippen LogP) is 2.91. The van der Waals surface area contributed by atoms with Crippen LogP contribution in [0.3, 0.4) is 0 Å². The first-order valence-electron chi connectivity index (χ1n) is 7.41. The first-order valence-corrected chi connectivity index (χ1v) is 7.41. The highest BCUT2D eigenvalue weighted by molar-refractivity contribution is 5.07. The summed E-state index contributed by atoms with van der Waals surface area (Å²) in [6, 6.07) is 4.13. The van der Waals surface area contributed by atoms with Crippen LogP contribution in [0.4, 0.5) is 0 Å². The molecule has 0 saturated carbocycles. The predicted molar refractivity (Wildman–Crippen MR) is 81.8 cm³/mol. The fraction of sp³-hybridized carbons (Fsp3) is 0.688. The molecule has 1 atom stereocenters. The summed E-state index contributed by atoms with van der Waals surface area (Å²) in [5.74, 6) is 1.52. The molecule has 0 amide bonds. The molecule has 0 aliphatic carbocycles. The van der Waals surface area contributed by atoms with Crippen LogP contribution in [-0.4, -0.2) is 30.0 Å². The topological polar surface area (TPSA) is 42.1 Å². The van der Waals surface area contributed by atoms with E-state index >= 15 is 0 Å². The summed E-state index contributed by atoms with van der Waals surface area (Å²) >= 11 is 0. The van der Waals surface area contributed by atoms with Gasteiger partial charge in [-0.25, -0.2) is 0 Å². The van der Waals surface area contributed by atoms with Crippen molar-refractivity contribution >= 4 is 0 Å². The molecule has 1 aromatic rings. The Morgan fingerprint density at radius 1 is 1.32 bits per heavy atom. The Labute approximate surface area is 118 Å². The molecule has 1 unspecified atom stereocenters. The van der Waals surface area contributed by atoms with Gasteiger partial charge in [-0.1, -0.05) is 19.9 Å². The Morgan fingerprint density at radius 2 is 2.11 bits per heavy atom. The molecule has 1 heterocycles. The van der Waals surface area contributed by atoms with Crippen molar-refractivity contribution in [1.29, 1.82) is 0 Å². The van der Waals surface area contributed by atoms with Gasteiger partial charge in [0.15, 0.2) is 0 Å². The first kappa shape index (κ1) is 16.1. The van der Waals surface area contributed by atoms with Crippen molar-refractivity contribution in [2.75, 3.05) is 20.1 Å². The van der Waals surface area contributed by atoms with Crippen molar-refractivity contribution in [1.82, 2.24) is 9.88 Å². The molecule has 0 aliphatic rings. The van der Waals surface area contributed by atoms with Crippen LogP contribution in [0.1, 0.15) is 38.7 Å². The van der Waals surface area contributed by atoms with Crippen LogP contribution in [0.15, 0.2) is 24.5 Å². The van der Waals surface area contributed by atoms with Crippen molar-refractivity contribution in [3.63, 3.8) is 0 Å². The normalized spacial score (nSPS) is 13.2. The molecule has 0 fully saturated rings. The van der Waals surface area contributed by atoms with Gasteiger partial charge in [0.2, 0.25) is 0 Å². The lowest BCUT2D eigenvalue weighted by molar-refractivity contribution is 0.278. The monoisotopic (exact) mass is 263 g/mol. The van der Waals surface area contributed by atoms with E-state index in [0.29, 0.717) is 0 Å². The van der Waals surface area contributed by atoms with Crippen molar-refractivity contribution < 1.29 is 0 Å². The minimum atomic E-state index is 0.743. The van der Waals surface area contributed by atoms with Crippen LogP contribution < -0.4 is 5.73 Å². The summed E-state index contributed by atoms with van der Waals surface area (Å²) in [6.45, 7) is 7.55. The lowest BCUT2D eigenvalue weighted by Crippen LogP contribution is -2.21. The Balaban J connectivity index is 2.24. The lowest BCUT2D eigenvalue weighted by atomic mass is 9.88. The molecule has 0 saturated heterocycles. The summed E-state index contributed by atoms with van der Waals surface area (Å²) < 4.78 is 0. The van der Waals surface area contributed by atoms with Gasteiger partial charge in [-0.2, -0.15) is 0 Å². The molecular weight excluding hydrogens is 234 g/mol. The van der Waals surface area contributed by atoms with E-state index < -0.39 is 0 Å². The zero-order valence-corrected chi connectivity index (χ0v) is 12.7. The maximum absolute atomic E-state index is 5.68. The molecule has 0 radical (unpaired) electrons. The second-order valence-corrected chi connectivity index (χ2v) is 5.82. The van der Waals surface area contributed by atoms with Crippen molar-refractivity contribution in [3.05, 3.63) is 30.1 Å². The number of rotatable bonds is 9. The van der Waals surface area contributed by atoms with E-state index in [9.17, 15) is 0 Å². The molecule has 108 valence electrons. The summed E-state index contributed by atoms with van der Waals surface area (Å²) in [5, 5.41) is 0. The van der Waals surface area contributed by atoms with Crippen LogP contribution in [-0.2, 0) is 6.54 Å². The third kappa shape index (κ3) is 6.69. The lowest BCUT2D eigenvalue weighted by Gasteiger charge is -2.22. The van der Waals surface area contributed by atoms with Crippen molar-refractivity contribution in [3.8, 4) is 0 Å². The van der Waals surface area contributed by atoms with E-state index in [1.54, 1.807) is 0 Å². The Hall–Kier alpha value is -0.930. The van der Waals surface area contributed by atoms with E-state index in [2.05, 4.69) is 36.8 Å². The van der Waals surface area contributed by atoms with Crippen LogP contribution in [0, 0.1) is 11.8 Å². The first-order chi connectivity index (χ1) is 9.13. The zero-order chi connectivity index (χ0) is 14.1. The van der Waals surface area contributed by atoms with E-state index in [1.165, 1.54) is 18.4 Å². The zero-order valence-electron chi connectivity index (χ0n) is 12.7. The fourth-order valence-corrected chi connectivity index (χ4v) is 2.53. The highest BCUT2D eigenvalue weighted by atomic mass is 15.1. The third-order valence-corrected chi connectivity index (χ3v) is 3.77. The van der Waals surface area contributed by atoms with E-state index in [4.69, 9.17) is 5.73 Å². The van der Waals surface area contributed by atoms with Crippen LogP contribution in [0.25, 0.3) is 0 Å². The van der Waals surface area contributed by atoms with Crippen LogP contribution in [0.2, 0.25) is 0 Å². The summed E-state index contributed by atoms with van der Waals surface area (Å²) in [6.07, 6.45) is 7.46. The average molecular weight is 263 g/mol. The fourth-order valence-electron chi connectivity index (χ4n) is 2.53. The standard InChI is InChI=1S/C16H29N3/c1-14(2)16(8-9-17)7-5-11-19(3)13-15-6-4-10-18-12-15/h4,6,10,12,14,16H,5,7-9,11,13,17H2,1-3H3. The quantitative estimate of drug-likeness (QED) is 0.745. The van der Waals surface area contributed by atoms with Gasteiger partial charge in [0.25, 0.3) is 0 Å². The third-order valence-electron chi connectivity index (χ3n) is 3.77. The SMILES string of the molecule is CC(C)C(CCN)CCCN(C)Cc1cccnc1. The summed E-state index contributed by atoms with van der Waals surface area (Å²) in [4.78, 5) is 6.53. The van der Waals surface area contributed by atoms with Gasteiger partial charge in [-0.3, -0.25) is 4.98 Å². The second-order valence-electron chi connectivity index (χ2n) is 5.82. The van der Waals surface area contributed by atoms with Crippen LogP contribution in [0.5, 0.6) is 0 Å². The molecule has 1 rings (SSSR count). The number of nitrogens with zero attached hydrogens (tertiary/aromatic N) is 2. The molecular formula is C16H29N3. The molecule has 2 N–H and O–H groups in total. The van der Waals surface area contributed by atoms with Crippen molar-refractivity contribution in [2.24, 2.45) is 17.6 Å². The molecule has 1 aromatic heterocycles. The average Bonchev–Trinajstić information content (AvgIpc) is 2.38. The molecule has 0 bridgehead atoms. The van der Waals surface area contributed by atoms with Gasteiger partial charge in [-0.15, -0.1) is 0 Å². The Morgan fingerprint density at radius 3 is 2.68 bits per heavy atom. The minimum absolute atomic E-state index is 0.743. The maximum atomic E-state index is 5.68. The number of aromatic nitrogens is 1. The highest BCUT2D eigenvalue weighted by Crippen LogP contribution is 2.20. The second kappa shape index (κ2) is 9.05. The molecule has 0 aliphatic heterocycles. The number of pyridine rings is 1. The summed E-state index contributed by atoms with van der Waals surface area (Å²) in [5.41, 5.74) is 6.97. The highest BCUT2D eigenvalue weighted by Gasteiger charge is 2.12. The number of hydrogen-bond donors (Lipinski definition) is 1. The van der Waals surface area contributed by atoms with Crippen LogP contribution >= 0.6 is 0 Å². The number of hydrogen-bond acceptors (Lipinski definition) is 3. The molecule has 3 nitrogen and oxygen atoms in total. The van der Waals surface area contributed by atoms with E-state index in [1.807, 2.05) is 18.5 Å². The van der Waals surface area contributed by atoms with E-state index in [-0.39, 0.29) is 0 Å². The summed E-state index contributed by atoms with van der Waals surface area (Å²) in [7, 11) is 2.18. The van der Waals surface area contributed by atoms with Gasteiger partial charge in [-0.05, 0) is 62.9 Å². The molecule has 0 spiro atoms. The maximum Gasteiger partial charge on any atom is 0.0312 e. The Bertz CT molecular complexity index is 324. The minimum Gasteiger partial charge on any atom is -0.330 e. The van der Waals surface area contributed by atoms with Gasteiger partial charge in [0.1, 0.15) is 0 Å².